The standard InChI is InChI=1S/C18H24N2O2/c1-13-7-14(2)17(15(3)8-13)9-18(21-10-16(4)22-18)11-20-6-5-19-12-20/h5-8,12,16H,9-11H2,1-4H3. The molecule has 1 aliphatic rings. The molecule has 3 rings (SSSR count). The predicted octanol–water partition coefficient (Wildman–Crippen LogP) is 3.18. The highest BCUT2D eigenvalue weighted by molar-refractivity contribution is 5.38. The molecule has 1 saturated heterocycles. The lowest BCUT2D eigenvalue weighted by atomic mass is 9.93. The molecule has 1 aliphatic heterocycles. The Labute approximate surface area is 132 Å². The van der Waals surface area contributed by atoms with Gasteiger partial charge in [-0.1, -0.05) is 17.7 Å². The number of aromatic nitrogens is 2. The molecular weight excluding hydrogens is 276 g/mol. The second-order valence-corrected chi connectivity index (χ2v) is 6.44. The molecule has 2 atom stereocenters. The summed E-state index contributed by atoms with van der Waals surface area (Å²) in [5.74, 6) is -0.606. The van der Waals surface area contributed by atoms with Crippen LogP contribution in [0.1, 0.15) is 29.2 Å². The van der Waals surface area contributed by atoms with Crippen molar-refractivity contribution in [2.75, 3.05) is 6.61 Å². The molecule has 0 N–H and O–H groups in total. The zero-order valence-corrected chi connectivity index (χ0v) is 13.8. The maximum atomic E-state index is 6.20. The monoisotopic (exact) mass is 300 g/mol. The minimum absolute atomic E-state index is 0.120. The molecular formula is C18H24N2O2. The van der Waals surface area contributed by atoms with Crippen LogP contribution in [-0.4, -0.2) is 28.0 Å². The van der Waals surface area contributed by atoms with E-state index in [1.54, 1.807) is 6.20 Å². The Balaban J connectivity index is 1.91. The van der Waals surface area contributed by atoms with E-state index in [-0.39, 0.29) is 6.10 Å². The highest BCUT2D eigenvalue weighted by atomic mass is 16.7. The van der Waals surface area contributed by atoms with Crippen LogP contribution in [-0.2, 0) is 22.4 Å². The van der Waals surface area contributed by atoms with Gasteiger partial charge in [0, 0.05) is 18.8 Å². The molecule has 0 amide bonds. The molecule has 1 aromatic heterocycles. The van der Waals surface area contributed by atoms with Crippen molar-refractivity contribution in [1.82, 2.24) is 9.55 Å². The maximum Gasteiger partial charge on any atom is 0.190 e. The zero-order chi connectivity index (χ0) is 15.7. The van der Waals surface area contributed by atoms with Crippen molar-refractivity contribution in [3.8, 4) is 0 Å². The van der Waals surface area contributed by atoms with Gasteiger partial charge in [0.1, 0.15) is 0 Å². The summed E-state index contributed by atoms with van der Waals surface area (Å²) in [6.45, 7) is 9.82. The third kappa shape index (κ3) is 3.08. The molecule has 0 radical (unpaired) electrons. The normalized spacial score (nSPS) is 24.8. The number of nitrogens with zero attached hydrogens (tertiary/aromatic N) is 2. The van der Waals surface area contributed by atoms with E-state index in [9.17, 15) is 0 Å². The van der Waals surface area contributed by atoms with Gasteiger partial charge in [0.2, 0.25) is 0 Å². The molecule has 2 unspecified atom stereocenters. The second-order valence-electron chi connectivity index (χ2n) is 6.44. The van der Waals surface area contributed by atoms with Gasteiger partial charge in [0.05, 0.1) is 25.6 Å². The number of hydrogen-bond donors (Lipinski definition) is 0. The van der Waals surface area contributed by atoms with Crippen LogP contribution < -0.4 is 0 Å². The maximum absolute atomic E-state index is 6.20. The Hall–Kier alpha value is -1.65. The van der Waals surface area contributed by atoms with E-state index in [0.29, 0.717) is 13.2 Å². The third-order valence-electron chi connectivity index (χ3n) is 4.27. The van der Waals surface area contributed by atoms with Crippen LogP contribution in [0.4, 0.5) is 0 Å². The fraction of sp³-hybridized carbons (Fsp3) is 0.500. The molecule has 118 valence electrons. The number of aryl methyl sites for hydroxylation is 3. The lowest BCUT2D eigenvalue weighted by Gasteiger charge is -2.30. The largest absolute Gasteiger partial charge is 0.345 e. The highest BCUT2D eigenvalue weighted by Crippen LogP contribution is 2.32. The molecule has 4 heteroatoms. The summed E-state index contributed by atoms with van der Waals surface area (Å²) >= 11 is 0. The van der Waals surface area contributed by atoms with E-state index < -0.39 is 5.79 Å². The van der Waals surface area contributed by atoms with Crippen LogP contribution in [0.25, 0.3) is 0 Å². The highest BCUT2D eigenvalue weighted by Gasteiger charge is 2.41. The van der Waals surface area contributed by atoms with Gasteiger partial charge in [-0.15, -0.1) is 0 Å². The second kappa shape index (κ2) is 5.86. The Bertz CT molecular complexity index is 628. The van der Waals surface area contributed by atoms with Crippen LogP contribution in [0.15, 0.2) is 30.9 Å². The molecule has 2 aromatic rings. The summed E-state index contributed by atoms with van der Waals surface area (Å²) in [6, 6.07) is 4.46. The first-order valence-corrected chi connectivity index (χ1v) is 7.82. The minimum Gasteiger partial charge on any atom is -0.345 e. The van der Waals surface area contributed by atoms with E-state index in [2.05, 4.69) is 44.8 Å². The Morgan fingerprint density at radius 1 is 1.27 bits per heavy atom. The van der Waals surface area contributed by atoms with E-state index in [1.165, 1.54) is 22.3 Å². The van der Waals surface area contributed by atoms with Gasteiger partial charge in [0.15, 0.2) is 5.79 Å². The Morgan fingerprint density at radius 2 is 2.00 bits per heavy atom. The molecule has 22 heavy (non-hydrogen) atoms. The molecule has 0 spiro atoms. The number of ether oxygens (including phenoxy) is 2. The number of imidazole rings is 1. The van der Waals surface area contributed by atoms with Crippen molar-refractivity contribution >= 4 is 0 Å². The van der Waals surface area contributed by atoms with Crippen molar-refractivity contribution in [2.45, 2.75) is 52.6 Å². The summed E-state index contributed by atoms with van der Waals surface area (Å²) in [6.07, 6.45) is 6.43. The van der Waals surface area contributed by atoms with Crippen LogP contribution in [0.3, 0.4) is 0 Å². The minimum atomic E-state index is -0.606. The molecule has 0 aliphatic carbocycles. The topological polar surface area (TPSA) is 36.3 Å². The Morgan fingerprint density at radius 3 is 2.55 bits per heavy atom. The zero-order valence-electron chi connectivity index (χ0n) is 13.8. The summed E-state index contributed by atoms with van der Waals surface area (Å²) in [7, 11) is 0. The van der Waals surface area contributed by atoms with Gasteiger partial charge < -0.3 is 14.0 Å². The van der Waals surface area contributed by atoms with E-state index >= 15 is 0 Å². The molecule has 0 bridgehead atoms. The molecule has 1 aromatic carbocycles. The molecule has 4 nitrogen and oxygen atoms in total. The van der Waals surface area contributed by atoms with Gasteiger partial charge in [0.25, 0.3) is 0 Å². The summed E-state index contributed by atoms with van der Waals surface area (Å²) in [5.41, 5.74) is 5.22. The fourth-order valence-electron chi connectivity index (χ4n) is 3.35. The van der Waals surface area contributed by atoms with Crippen molar-refractivity contribution in [1.29, 1.82) is 0 Å². The lowest BCUT2D eigenvalue weighted by Crippen LogP contribution is -2.38. The number of hydrogen-bond acceptors (Lipinski definition) is 3. The fourth-order valence-corrected chi connectivity index (χ4v) is 3.35. The molecule has 2 heterocycles. The van der Waals surface area contributed by atoms with Crippen LogP contribution in [0.2, 0.25) is 0 Å². The van der Waals surface area contributed by atoms with Gasteiger partial charge in [-0.25, -0.2) is 4.98 Å². The summed E-state index contributed by atoms with van der Waals surface area (Å²) in [5, 5.41) is 0. The first kappa shape index (κ1) is 15.3. The average molecular weight is 300 g/mol. The summed E-state index contributed by atoms with van der Waals surface area (Å²) in [4.78, 5) is 4.12. The van der Waals surface area contributed by atoms with Gasteiger partial charge in [-0.3, -0.25) is 0 Å². The van der Waals surface area contributed by atoms with Crippen molar-refractivity contribution in [3.63, 3.8) is 0 Å². The number of rotatable bonds is 4. The van der Waals surface area contributed by atoms with Crippen LogP contribution >= 0.6 is 0 Å². The molecule has 1 fully saturated rings. The predicted molar refractivity (Wildman–Crippen MR) is 85.8 cm³/mol. The van der Waals surface area contributed by atoms with Crippen LogP contribution in [0, 0.1) is 20.8 Å². The van der Waals surface area contributed by atoms with Gasteiger partial charge in [-0.05, 0) is 44.4 Å². The van der Waals surface area contributed by atoms with Crippen molar-refractivity contribution < 1.29 is 9.47 Å². The summed E-state index contributed by atoms with van der Waals surface area (Å²) < 4.78 is 14.3. The Kier molecular flexibility index (Phi) is 4.06. The number of benzene rings is 1. The van der Waals surface area contributed by atoms with Gasteiger partial charge >= 0.3 is 0 Å². The SMILES string of the molecule is Cc1cc(C)c(CC2(Cn3ccnc3)OCC(C)O2)c(C)c1. The van der Waals surface area contributed by atoms with E-state index in [0.717, 1.165) is 6.42 Å². The van der Waals surface area contributed by atoms with Crippen molar-refractivity contribution in [3.05, 3.63) is 53.1 Å². The van der Waals surface area contributed by atoms with E-state index in [1.807, 2.05) is 17.1 Å². The average Bonchev–Trinajstić information content (AvgIpc) is 3.05. The van der Waals surface area contributed by atoms with Crippen molar-refractivity contribution in [2.24, 2.45) is 0 Å². The first-order chi connectivity index (χ1) is 10.5. The third-order valence-corrected chi connectivity index (χ3v) is 4.27. The van der Waals surface area contributed by atoms with Gasteiger partial charge in [-0.2, -0.15) is 0 Å². The first-order valence-electron chi connectivity index (χ1n) is 7.82. The smallest absolute Gasteiger partial charge is 0.190 e. The lowest BCUT2D eigenvalue weighted by molar-refractivity contribution is -0.175. The molecule has 0 saturated carbocycles. The van der Waals surface area contributed by atoms with Crippen LogP contribution in [0.5, 0.6) is 0 Å². The quantitative estimate of drug-likeness (QED) is 0.870. The van der Waals surface area contributed by atoms with E-state index in [4.69, 9.17) is 9.47 Å².